The van der Waals surface area contributed by atoms with Gasteiger partial charge in [-0.2, -0.15) is 0 Å². The van der Waals surface area contributed by atoms with Gasteiger partial charge in [-0.1, -0.05) is 39.0 Å². The number of nitrogens with zero attached hydrogens (tertiary/aromatic N) is 1. The topological polar surface area (TPSA) is 119 Å². The number of aliphatic hydroxyl groups excluding tert-OH is 1. The molecule has 10 nitrogen and oxygen atoms in total. The summed E-state index contributed by atoms with van der Waals surface area (Å²) in [6, 6.07) is 0.277. The summed E-state index contributed by atoms with van der Waals surface area (Å²) in [5, 5.41) is 13.3. The van der Waals surface area contributed by atoms with E-state index in [-0.39, 0.29) is 72.3 Å². The summed E-state index contributed by atoms with van der Waals surface area (Å²) in [6.45, 7) is 13.4. The van der Waals surface area contributed by atoms with E-state index in [0.29, 0.717) is 19.5 Å². The van der Waals surface area contributed by atoms with Crippen LogP contribution in [0, 0.1) is 17.8 Å². The van der Waals surface area contributed by atoms with E-state index in [1.165, 1.54) is 7.11 Å². The monoisotopic (exact) mass is 594 g/mol. The van der Waals surface area contributed by atoms with E-state index in [0.717, 1.165) is 18.4 Å². The molecular formula is C32H54N2O8. The third-order valence-electron chi connectivity index (χ3n) is 9.29. The van der Waals surface area contributed by atoms with Crippen LogP contribution in [0.3, 0.4) is 0 Å². The average Bonchev–Trinajstić information content (AvgIpc) is 3.36. The van der Waals surface area contributed by atoms with Crippen molar-refractivity contribution >= 4 is 12.1 Å². The highest BCUT2D eigenvalue weighted by Crippen LogP contribution is 2.47. The molecule has 0 saturated carbocycles. The third-order valence-corrected chi connectivity index (χ3v) is 9.29. The quantitative estimate of drug-likeness (QED) is 0.186. The molecule has 0 aromatic heterocycles. The van der Waals surface area contributed by atoms with Crippen molar-refractivity contribution in [3.63, 3.8) is 0 Å². The predicted molar refractivity (Wildman–Crippen MR) is 160 cm³/mol. The number of esters is 1. The van der Waals surface area contributed by atoms with Crippen molar-refractivity contribution in [3.05, 3.63) is 23.8 Å². The molecule has 240 valence electrons. The molecule has 0 aliphatic carbocycles. The van der Waals surface area contributed by atoms with Crippen LogP contribution in [0.1, 0.15) is 67.2 Å². The minimum atomic E-state index is -0.561. The Morgan fingerprint density at radius 2 is 1.95 bits per heavy atom. The minimum absolute atomic E-state index is 0.0396. The van der Waals surface area contributed by atoms with Crippen molar-refractivity contribution < 1.29 is 38.4 Å². The number of nitrogens with one attached hydrogen (secondary N) is 1. The fraction of sp³-hybridized carbons (Fsp3) is 0.812. The molecule has 1 amide bonds. The van der Waals surface area contributed by atoms with Crippen LogP contribution in [-0.2, 0) is 28.5 Å². The molecule has 0 bridgehead atoms. The number of hydrogen-bond acceptors (Lipinski definition) is 9. The van der Waals surface area contributed by atoms with Gasteiger partial charge in [0.25, 0.3) is 0 Å². The van der Waals surface area contributed by atoms with Gasteiger partial charge < -0.3 is 39.0 Å². The smallest absolute Gasteiger partial charge is 0.410 e. The molecule has 2 N–H and O–H groups in total. The van der Waals surface area contributed by atoms with Crippen molar-refractivity contribution in [2.45, 2.75) is 115 Å². The van der Waals surface area contributed by atoms with E-state index in [9.17, 15) is 14.7 Å². The minimum Gasteiger partial charge on any atom is -0.469 e. The van der Waals surface area contributed by atoms with E-state index in [1.807, 2.05) is 33.0 Å². The first-order valence-corrected chi connectivity index (χ1v) is 15.4. The van der Waals surface area contributed by atoms with Crippen LogP contribution in [0.25, 0.3) is 0 Å². The second-order valence-electron chi connectivity index (χ2n) is 12.8. The molecule has 3 heterocycles. The lowest BCUT2D eigenvalue weighted by Gasteiger charge is -2.40. The van der Waals surface area contributed by atoms with Crippen molar-refractivity contribution in [1.82, 2.24) is 10.2 Å². The van der Waals surface area contributed by atoms with Crippen LogP contribution in [-0.4, -0.2) is 105 Å². The Bertz CT molecular complexity index is 970. The Kier molecular flexibility index (Phi) is 12.4. The lowest BCUT2D eigenvalue weighted by atomic mass is 9.85. The van der Waals surface area contributed by atoms with Crippen molar-refractivity contribution in [2.24, 2.45) is 17.8 Å². The zero-order chi connectivity index (χ0) is 31.2. The number of likely N-dealkylation sites (N-methyl/N-ethyl adjacent to an activating group) is 1. The Hall–Kier alpha value is -1.98. The lowest BCUT2D eigenvalue weighted by molar-refractivity contribution is -0.154. The number of epoxide rings is 1. The second kappa shape index (κ2) is 15.1. The molecule has 0 radical (unpaired) electrons. The zero-order valence-corrected chi connectivity index (χ0v) is 27.0. The van der Waals surface area contributed by atoms with Gasteiger partial charge in [0.2, 0.25) is 0 Å². The average molecular weight is 595 g/mol. The van der Waals surface area contributed by atoms with E-state index in [4.69, 9.17) is 23.7 Å². The highest BCUT2D eigenvalue weighted by atomic mass is 16.6. The molecular weight excluding hydrogens is 540 g/mol. The normalized spacial score (nSPS) is 34.6. The van der Waals surface area contributed by atoms with Crippen LogP contribution in [0.15, 0.2) is 23.8 Å². The first kappa shape index (κ1) is 34.5. The maximum absolute atomic E-state index is 13.0. The van der Waals surface area contributed by atoms with Gasteiger partial charge in [-0.05, 0) is 52.2 Å². The molecule has 42 heavy (non-hydrogen) atoms. The van der Waals surface area contributed by atoms with Crippen LogP contribution in [0.4, 0.5) is 4.79 Å². The molecule has 0 spiro atoms. The number of amides is 1. The molecule has 3 aliphatic heterocycles. The molecule has 0 aromatic carbocycles. The van der Waals surface area contributed by atoms with Crippen LogP contribution in [0.5, 0.6) is 0 Å². The fourth-order valence-electron chi connectivity index (χ4n) is 6.81. The number of ether oxygens (including phenoxy) is 5. The number of carbonyl (C=O) groups is 2. The van der Waals surface area contributed by atoms with Gasteiger partial charge in [-0.25, -0.2) is 4.79 Å². The van der Waals surface area contributed by atoms with E-state index in [1.54, 1.807) is 18.9 Å². The third kappa shape index (κ3) is 8.78. The number of rotatable bonds is 13. The Labute approximate surface area is 252 Å². The summed E-state index contributed by atoms with van der Waals surface area (Å²) in [6.07, 6.45) is 6.34. The van der Waals surface area contributed by atoms with Crippen molar-refractivity contribution in [2.75, 3.05) is 34.4 Å². The highest BCUT2D eigenvalue weighted by molar-refractivity contribution is 5.70. The van der Waals surface area contributed by atoms with E-state index < -0.39 is 12.2 Å². The van der Waals surface area contributed by atoms with Gasteiger partial charge in [0.1, 0.15) is 6.10 Å². The van der Waals surface area contributed by atoms with Gasteiger partial charge in [0, 0.05) is 44.5 Å². The standard InChI is InChI=1S/C32H54N2O8/c1-19(17-32(6)30(42-32)22(4)29(39-9)23(5)35)11-10-12-20(2)28-21(3)26(15-25(40-28)16-27(36)38-8)41-31(37)34-14-13-24(18-34)33-7/h10-12,19,21-26,28-30,33,35H,13-18H2,1-9H3/b11-10+,20-12+/t19-,21+,22-,23-,24?,25-,26-,28-,29-,30-,32-/m1/s1. The van der Waals surface area contributed by atoms with Gasteiger partial charge in [0.15, 0.2) is 0 Å². The molecule has 3 saturated heterocycles. The number of likely N-dealkylation sites (tertiary alicyclic amines) is 1. The number of aliphatic hydroxyl groups is 1. The maximum Gasteiger partial charge on any atom is 0.410 e. The van der Waals surface area contributed by atoms with Crippen LogP contribution in [0.2, 0.25) is 0 Å². The Morgan fingerprint density at radius 1 is 1.24 bits per heavy atom. The fourth-order valence-corrected chi connectivity index (χ4v) is 6.81. The van der Waals surface area contributed by atoms with E-state index in [2.05, 4.69) is 32.2 Å². The SMILES string of the molecule is CNC1CCN(C(=O)O[C@@H]2C[C@H](CC(=O)OC)O[C@H](/C(C)=C/C=C/[C@@H](C)C[C@@]3(C)O[C@@H]3[C@H](C)[C@@H](OC)[C@@H](C)O)[C@H]2C)C1. The largest absolute Gasteiger partial charge is 0.469 e. The molecule has 3 aliphatic rings. The summed E-state index contributed by atoms with van der Waals surface area (Å²) >= 11 is 0. The molecule has 3 fully saturated rings. The summed E-state index contributed by atoms with van der Waals surface area (Å²) in [7, 11) is 4.89. The predicted octanol–water partition coefficient (Wildman–Crippen LogP) is 3.86. The van der Waals surface area contributed by atoms with Crippen molar-refractivity contribution in [3.8, 4) is 0 Å². The molecule has 1 unspecified atom stereocenters. The second-order valence-corrected chi connectivity index (χ2v) is 12.8. The zero-order valence-electron chi connectivity index (χ0n) is 27.0. The Morgan fingerprint density at radius 3 is 2.55 bits per heavy atom. The lowest BCUT2D eigenvalue weighted by Crippen LogP contribution is -2.47. The summed E-state index contributed by atoms with van der Waals surface area (Å²) in [5.74, 6) is -0.0929. The molecule has 11 atom stereocenters. The van der Waals surface area contributed by atoms with Crippen molar-refractivity contribution in [1.29, 1.82) is 0 Å². The van der Waals surface area contributed by atoms with E-state index >= 15 is 0 Å². The molecule has 10 heteroatoms. The van der Waals surface area contributed by atoms with Crippen LogP contribution >= 0.6 is 0 Å². The first-order valence-electron chi connectivity index (χ1n) is 15.4. The summed E-state index contributed by atoms with van der Waals surface area (Å²) < 4.78 is 28.9. The Balaban J connectivity index is 1.63. The number of hydrogen-bond donors (Lipinski definition) is 2. The first-order chi connectivity index (χ1) is 19.8. The maximum atomic E-state index is 13.0. The summed E-state index contributed by atoms with van der Waals surface area (Å²) in [4.78, 5) is 26.8. The number of allylic oxidation sites excluding steroid dienone is 3. The van der Waals surface area contributed by atoms with Crippen LogP contribution < -0.4 is 5.32 Å². The van der Waals surface area contributed by atoms with Gasteiger partial charge >= 0.3 is 12.1 Å². The van der Waals surface area contributed by atoms with Gasteiger partial charge in [0.05, 0.1) is 49.7 Å². The number of carbonyl (C=O) groups excluding carboxylic acids is 2. The van der Waals surface area contributed by atoms with Gasteiger partial charge in [-0.3, -0.25) is 4.79 Å². The van der Waals surface area contributed by atoms with Gasteiger partial charge in [-0.15, -0.1) is 0 Å². The summed E-state index contributed by atoms with van der Waals surface area (Å²) in [5.41, 5.74) is 0.744. The molecule has 0 aromatic rings. The number of methoxy groups -OCH3 is 2. The highest BCUT2D eigenvalue weighted by Gasteiger charge is 2.56. The molecule has 3 rings (SSSR count).